The van der Waals surface area contributed by atoms with Crippen LogP contribution in [0.1, 0.15) is 29.8 Å². The monoisotopic (exact) mass is 455 g/mol. The van der Waals surface area contributed by atoms with Gasteiger partial charge >= 0.3 is 0 Å². The van der Waals surface area contributed by atoms with E-state index in [-0.39, 0.29) is 10.5 Å². The summed E-state index contributed by atoms with van der Waals surface area (Å²) in [5.74, 6) is -0.402. The predicted octanol–water partition coefficient (Wildman–Crippen LogP) is 3.59. The summed E-state index contributed by atoms with van der Waals surface area (Å²) < 4.78 is 29.8. The molecule has 0 aliphatic heterocycles. The van der Waals surface area contributed by atoms with Gasteiger partial charge in [0.05, 0.1) is 23.3 Å². The van der Waals surface area contributed by atoms with Gasteiger partial charge in [0.25, 0.3) is 15.9 Å². The molecular weight excluding hydrogens is 426 g/mol. The van der Waals surface area contributed by atoms with Gasteiger partial charge in [-0.25, -0.2) is 8.42 Å². The highest BCUT2D eigenvalue weighted by molar-refractivity contribution is 7.92. The molecule has 0 atom stereocenters. The van der Waals surface area contributed by atoms with Gasteiger partial charge in [-0.1, -0.05) is 37.6 Å². The van der Waals surface area contributed by atoms with Crippen molar-refractivity contribution < 1.29 is 13.2 Å². The zero-order chi connectivity index (χ0) is 23.1. The Balaban J connectivity index is 1.67. The topological polar surface area (TPSA) is 96.3 Å². The molecule has 0 aliphatic carbocycles. The Kier molecular flexibility index (Phi) is 7.66. The van der Waals surface area contributed by atoms with Gasteiger partial charge in [0.1, 0.15) is 0 Å². The highest BCUT2D eigenvalue weighted by Gasteiger charge is 2.17. The third-order valence-corrected chi connectivity index (χ3v) is 6.52. The summed E-state index contributed by atoms with van der Waals surface area (Å²) in [4.78, 5) is 15.0. The molecule has 3 aromatic rings. The van der Waals surface area contributed by atoms with Gasteiger partial charge < -0.3 is 10.2 Å². The molecule has 9 heteroatoms. The fraction of sp³-hybridized carbons (Fsp3) is 0.304. The molecule has 8 nitrogen and oxygen atoms in total. The van der Waals surface area contributed by atoms with Gasteiger partial charge in [0.15, 0.2) is 0 Å². The molecule has 0 spiro atoms. The number of anilines is 2. The smallest absolute Gasteiger partial charge is 0.261 e. The lowest BCUT2D eigenvalue weighted by Crippen LogP contribution is -2.27. The van der Waals surface area contributed by atoms with Gasteiger partial charge in [-0.05, 0) is 50.3 Å². The first-order valence-electron chi connectivity index (χ1n) is 10.6. The molecule has 3 rings (SSSR count). The first-order valence-corrected chi connectivity index (χ1v) is 12.0. The molecule has 2 N–H and O–H groups in total. The normalized spacial score (nSPS) is 11.5. The minimum atomic E-state index is -3.82. The molecule has 2 aromatic carbocycles. The van der Waals surface area contributed by atoms with Crippen LogP contribution in [0.25, 0.3) is 0 Å². The Hall–Kier alpha value is -3.17. The van der Waals surface area contributed by atoms with Gasteiger partial charge in [0.2, 0.25) is 0 Å². The summed E-state index contributed by atoms with van der Waals surface area (Å²) >= 11 is 0. The molecule has 0 radical (unpaired) electrons. The van der Waals surface area contributed by atoms with Crippen LogP contribution in [0, 0.1) is 6.92 Å². The summed E-state index contributed by atoms with van der Waals surface area (Å²) in [6.07, 6.45) is 3.35. The molecule has 0 saturated heterocycles. The van der Waals surface area contributed by atoms with Crippen LogP contribution in [-0.2, 0) is 16.6 Å². The first kappa shape index (κ1) is 23.5. The fourth-order valence-corrected chi connectivity index (χ4v) is 4.28. The Bertz CT molecular complexity index is 1150. The average Bonchev–Trinajstić information content (AvgIpc) is 3.23. The second-order valence-corrected chi connectivity index (χ2v) is 9.15. The maximum atomic E-state index is 12.7. The summed E-state index contributed by atoms with van der Waals surface area (Å²) in [5.41, 5.74) is 2.29. The SMILES string of the molecule is CCN(CC)CCn1cc(NC(=O)c2cccc(S(=O)(=O)Nc3ccc(C)cc3)c2)cn1. The Labute approximate surface area is 189 Å². The van der Waals surface area contributed by atoms with Gasteiger partial charge in [0, 0.05) is 24.0 Å². The number of amides is 1. The number of likely N-dealkylation sites (N-methyl/N-ethyl adjacent to an activating group) is 1. The number of nitrogens with zero attached hydrogens (tertiary/aromatic N) is 3. The molecular formula is C23H29N5O3S. The average molecular weight is 456 g/mol. The van der Waals surface area contributed by atoms with E-state index in [0.717, 1.165) is 31.7 Å². The highest BCUT2D eigenvalue weighted by Crippen LogP contribution is 2.18. The van der Waals surface area contributed by atoms with Crippen molar-refractivity contribution in [3.8, 4) is 0 Å². The number of nitrogens with one attached hydrogen (secondary N) is 2. The van der Waals surface area contributed by atoms with E-state index in [2.05, 4.69) is 33.9 Å². The van der Waals surface area contributed by atoms with Crippen LogP contribution < -0.4 is 10.0 Å². The molecule has 1 aromatic heterocycles. The van der Waals surface area contributed by atoms with E-state index < -0.39 is 15.9 Å². The van der Waals surface area contributed by atoms with Crippen molar-refractivity contribution in [3.63, 3.8) is 0 Å². The zero-order valence-electron chi connectivity index (χ0n) is 18.6. The van der Waals surface area contributed by atoms with E-state index in [1.165, 1.54) is 12.1 Å². The van der Waals surface area contributed by atoms with E-state index in [0.29, 0.717) is 11.4 Å². The summed E-state index contributed by atoms with van der Waals surface area (Å²) in [6, 6.07) is 13.0. The number of carbonyl (C=O) groups excluding carboxylic acids is 1. The fourth-order valence-electron chi connectivity index (χ4n) is 3.18. The van der Waals surface area contributed by atoms with E-state index in [9.17, 15) is 13.2 Å². The molecule has 0 fully saturated rings. The van der Waals surface area contributed by atoms with E-state index >= 15 is 0 Å². The van der Waals surface area contributed by atoms with Crippen LogP contribution in [0.15, 0.2) is 65.8 Å². The Morgan fingerprint density at radius 1 is 1.06 bits per heavy atom. The van der Waals surface area contributed by atoms with Crippen LogP contribution in [0.4, 0.5) is 11.4 Å². The molecule has 0 saturated carbocycles. The number of carbonyl (C=O) groups is 1. The third kappa shape index (κ3) is 6.18. The second-order valence-electron chi connectivity index (χ2n) is 7.47. The highest BCUT2D eigenvalue weighted by atomic mass is 32.2. The lowest BCUT2D eigenvalue weighted by atomic mass is 10.2. The maximum absolute atomic E-state index is 12.7. The molecule has 1 heterocycles. The zero-order valence-corrected chi connectivity index (χ0v) is 19.4. The number of benzene rings is 2. The number of hydrogen-bond donors (Lipinski definition) is 2. The largest absolute Gasteiger partial charge is 0.319 e. The molecule has 1 amide bonds. The summed E-state index contributed by atoms with van der Waals surface area (Å²) in [7, 11) is -3.82. The van der Waals surface area contributed by atoms with Crippen molar-refractivity contribution in [2.24, 2.45) is 0 Å². The van der Waals surface area contributed by atoms with Crippen molar-refractivity contribution >= 4 is 27.3 Å². The predicted molar refractivity (Wildman–Crippen MR) is 126 cm³/mol. The lowest BCUT2D eigenvalue weighted by Gasteiger charge is -2.17. The van der Waals surface area contributed by atoms with Crippen LogP contribution in [0.3, 0.4) is 0 Å². The number of rotatable bonds is 10. The van der Waals surface area contributed by atoms with Crippen molar-refractivity contribution in [1.29, 1.82) is 0 Å². The van der Waals surface area contributed by atoms with Crippen LogP contribution >= 0.6 is 0 Å². The van der Waals surface area contributed by atoms with E-state index in [4.69, 9.17) is 0 Å². The molecule has 0 bridgehead atoms. The molecule has 170 valence electrons. The summed E-state index contributed by atoms with van der Waals surface area (Å²) in [6.45, 7) is 9.69. The van der Waals surface area contributed by atoms with Crippen molar-refractivity contribution in [3.05, 3.63) is 72.1 Å². The second kappa shape index (κ2) is 10.4. The number of sulfonamides is 1. The quantitative estimate of drug-likeness (QED) is 0.487. The first-order chi connectivity index (χ1) is 15.3. The minimum absolute atomic E-state index is 0.0145. The van der Waals surface area contributed by atoms with Gasteiger partial charge in [-0.15, -0.1) is 0 Å². The van der Waals surface area contributed by atoms with Crippen molar-refractivity contribution in [2.75, 3.05) is 29.7 Å². The van der Waals surface area contributed by atoms with Crippen LogP contribution in [0.2, 0.25) is 0 Å². The standard InChI is InChI=1S/C23H29N5O3S/c1-4-27(5-2)13-14-28-17-21(16-24-28)25-23(29)19-7-6-8-22(15-19)32(30,31)26-20-11-9-18(3)10-12-20/h6-12,15-17,26H,4-5,13-14H2,1-3H3,(H,25,29). The Morgan fingerprint density at radius 2 is 1.78 bits per heavy atom. The minimum Gasteiger partial charge on any atom is -0.319 e. The van der Waals surface area contributed by atoms with E-state index in [1.807, 2.05) is 19.1 Å². The molecule has 32 heavy (non-hydrogen) atoms. The van der Waals surface area contributed by atoms with E-state index in [1.54, 1.807) is 41.3 Å². The van der Waals surface area contributed by atoms with Crippen LogP contribution in [0.5, 0.6) is 0 Å². The maximum Gasteiger partial charge on any atom is 0.261 e. The number of aromatic nitrogens is 2. The van der Waals surface area contributed by atoms with Crippen molar-refractivity contribution in [2.45, 2.75) is 32.2 Å². The summed E-state index contributed by atoms with van der Waals surface area (Å²) in [5, 5.41) is 7.06. The van der Waals surface area contributed by atoms with Gasteiger partial charge in [-0.2, -0.15) is 5.10 Å². The molecule has 0 unspecified atom stereocenters. The van der Waals surface area contributed by atoms with Crippen LogP contribution in [-0.4, -0.2) is 48.6 Å². The number of aryl methyl sites for hydroxylation is 1. The lowest BCUT2D eigenvalue weighted by molar-refractivity contribution is 0.102. The van der Waals surface area contributed by atoms with Crippen molar-refractivity contribution in [1.82, 2.24) is 14.7 Å². The molecule has 0 aliphatic rings. The third-order valence-electron chi connectivity index (χ3n) is 5.14. The Morgan fingerprint density at radius 3 is 2.47 bits per heavy atom. The van der Waals surface area contributed by atoms with Gasteiger partial charge in [-0.3, -0.25) is 14.2 Å². The number of hydrogen-bond acceptors (Lipinski definition) is 5.